The van der Waals surface area contributed by atoms with Gasteiger partial charge in [0.25, 0.3) is 0 Å². The molecule has 3 N–H and O–H groups in total. The number of carbonyl (C=O) groups excluding carboxylic acids is 1. The van der Waals surface area contributed by atoms with Crippen LogP contribution in [0.2, 0.25) is 0 Å². The molecule has 2 aromatic carbocycles. The summed E-state index contributed by atoms with van der Waals surface area (Å²) < 4.78 is 41.2. The first-order chi connectivity index (χ1) is 14.1. The Hall–Kier alpha value is -3.60. The lowest BCUT2D eigenvalue weighted by molar-refractivity contribution is -0.274. The summed E-state index contributed by atoms with van der Waals surface area (Å²) in [5.41, 5.74) is 0.637. The van der Waals surface area contributed by atoms with Gasteiger partial charge in [-0.25, -0.2) is 9.78 Å². The monoisotopic (exact) mass is 438 g/mol. The fraction of sp³-hybridized carbons (Fsp3) is 0.105. The standard InChI is InChI=1S/C19H13F3N2O5S/c20-19(21,22)29-13-5-6-14-15(9-13)30-18(23-14)24-16(26)8-11(17(27)28)7-10-1-3-12(25)4-2-10/h1-7,9,25H,8H2,(H,27,28)(H,23,24,26)/b11-7+. The molecule has 0 bridgehead atoms. The topological polar surface area (TPSA) is 109 Å². The number of anilines is 1. The maximum Gasteiger partial charge on any atom is 0.573 e. The first-order valence-corrected chi connectivity index (χ1v) is 9.10. The largest absolute Gasteiger partial charge is 0.573 e. The molecular weight excluding hydrogens is 425 g/mol. The van der Waals surface area contributed by atoms with Crippen molar-refractivity contribution in [3.05, 3.63) is 53.6 Å². The Morgan fingerprint density at radius 1 is 1.17 bits per heavy atom. The number of amides is 1. The number of carbonyl (C=O) groups is 2. The second-order valence-corrected chi connectivity index (χ2v) is 7.02. The Balaban J connectivity index is 1.73. The van der Waals surface area contributed by atoms with Crippen molar-refractivity contribution in [1.82, 2.24) is 4.98 Å². The van der Waals surface area contributed by atoms with Crippen molar-refractivity contribution in [3.8, 4) is 11.5 Å². The molecule has 30 heavy (non-hydrogen) atoms. The molecule has 0 spiro atoms. The molecule has 0 fully saturated rings. The summed E-state index contributed by atoms with van der Waals surface area (Å²) in [6.07, 6.45) is -4.00. The van der Waals surface area contributed by atoms with Crippen molar-refractivity contribution in [2.45, 2.75) is 12.8 Å². The minimum atomic E-state index is -4.83. The Morgan fingerprint density at radius 3 is 2.50 bits per heavy atom. The molecule has 0 saturated carbocycles. The van der Waals surface area contributed by atoms with Crippen LogP contribution in [0.1, 0.15) is 12.0 Å². The van der Waals surface area contributed by atoms with Gasteiger partial charge < -0.3 is 20.3 Å². The molecular formula is C19H13F3N2O5S. The molecule has 0 atom stereocenters. The van der Waals surface area contributed by atoms with Gasteiger partial charge in [-0.3, -0.25) is 4.79 Å². The summed E-state index contributed by atoms with van der Waals surface area (Å²) in [5.74, 6) is -2.35. The second-order valence-electron chi connectivity index (χ2n) is 5.99. The third-order valence-electron chi connectivity index (χ3n) is 3.70. The Morgan fingerprint density at radius 2 is 1.87 bits per heavy atom. The van der Waals surface area contributed by atoms with E-state index < -0.39 is 30.4 Å². The van der Waals surface area contributed by atoms with Gasteiger partial charge in [0, 0.05) is 11.6 Å². The fourth-order valence-electron chi connectivity index (χ4n) is 2.45. The van der Waals surface area contributed by atoms with E-state index in [-0.39, 0.29) is 16.5 Å². The number of fused-ring (bicyclic) bond motifs is 1. The zero-order valence-corrected chi connectivity index (χ0v) is 15.8. The van der Waals surface area contributed by atoms with E-state index in [0.717, 1.165) is 23.5 Å². The van der Waals surface area contributed by atoms with Crippen molar-refractivity contribution >= 4 is 44.6 Å². The molecule has 3 rings (SSSR count). The third-order valence-corrected chi connectivity index (χ3v) is 4.63. The molecule has 0 aliphatic rings. The van der Waals surface area contributed by atoms with Crippen LogP contribution in [0, 0.1) is 0 Å². The number of nitrogens with zero attached hydrogens (tertiary/aromatic N) is 1. The van der Waals surface area contributed by atoms with E-state index in [2.05, 4.69) is 15.0 Å². The number of carboxylic acids is 1. The molecule has 11 heteroatoms. The minimum absolute atomic E-state index is 0.0152. The summed E-state index contributed by atoms with van der Waals surface area (Å²) in [5, 5.41) is 21.1. The number of hydrogen-bond acceptors (Lipinski definition) is 6. The highest BCUT2D eigenvalue weighted by Gasteiger charge is 2.31. The Bertz CT molecular complexity index is 1120. The van der Waals surface area contributed by atoms with Gasteiger partial charge in [-0.05, 0) is 35.9 Å². The molecule has 0 aliphatic carbocycles. The smallest absolute Gasteiger partial charge is 0.508 e. The molecule has 0 radical (unpaired) electrons. The van der Waals surface area contributed by atoms with E-state index >= 15 is 0 Å². The van der Waals surface area contributed by atoms with Gasteiger partial charge in [0.05, 0.1) is 16.6 Å². The van der Waals surface area contributed by atoms with Gasteiger partial charge in [-0.1, -0.05) is 23.5 Å². The first kappa shape index (κ1) is 21.1. The first-order valence-electron chi connectivity index (χ1n) is 8.28. The number of ether oxygens (including phenoxy) is 1. The fourth-order valence-corrected chi connectivity index (χ4v) is 3.36. The van der Waals surface area contributed by atoms with Crippen LogP contribution in [0.4, 0.5) is 18.3 Å². The van der Waals surface area contributed by atoms with E-state index in [1.165, 1.54) is 36.4 Å². The van der Waals surface area contributed by atoms with Crippen LogP contribution in [-0.2, 0) is 9.59 Å². The minimum Gasteiger partial charge on any atom is -0.508 e. The van der Waals surface area contributed by atoms with Crippen molar-refractivity contribution in [3.63, 3.8) is 0 Å². The number of carboxylic acid groups (broad SMARTS) is 1. The normalized spacial score (nSPS) is 12.0. The number of rotatable bonds is 6. The zero-order chi connectivity index (χ0) is 21.9. The maximum absolute atomic E-state index is 12.3. The van der Waals surface area contributed by atoms with Gasteiger partial charge in [0.1, 0.15) is 11.5 Å². The van der Waals surface area contributed by atoms with Crippen LogP contribution in [0.3, 0.4) is 0 Å². The predicted molar refractivity (Wildman–Crippen MR) is 103 cm³/mol. The van der Waals surface area contributed by atoms with Crippen molar-refractivity contribution in [2.24, 2.45) is 0 Å². The average Bonchev–Trinajstić information content (AvgIpc) is 3.02. The molecule has 156 valence electrons. The highest BCUT2D eigenvalue weighted by Crippen LogP contribution is 2.31. The summed E-state index contributed by atoms with van der Waals surface area (Å²) >= 11 is 0.922. The summed E-state index contributed by atoms with van der Waals surface area (Å²) in [6, 6.07) is 9.30. The molecule has 1 aromatic heterocycles. The van der Waals surface area contributed by atoms with E-state index in [0.29, 0.717) is 15.8 Å². The van der Waals surface area contributed by atoms with Gasteiger partial charge in [-0.15, -0.1) is 13.2 Å². The van der Waals surface area contributed by atoms with E-state index in [1.54, 1.807) is 0 Å². The lowest BCUT2D eigenvalue weighted by Crippen LogP contribution is -2.16. The highest BCUT2D eigenvalue weighted by molar-refractivity contribution is 7.22. The van der Waals surface area contributed by atoms with Crippen LogP contribution >= 0.6 is 11.3 Å². The average molecular weight is 438 g/mol. The van der Waals surface area contributed by atoms with Gasteiger partial charge in [-0.2, -0.15) is 0 Å². The number of thiazole rings is 1. The number of alkyl halides is 3. The number of hydrogen-bond donors (Lipinski definition) is 3. The Kier molecular flexibility index (Phi) is 5.92. The van der Waals surface area contributed by atoms with Crippen LogP contribution < -0.4 is 10.1 Å². The maximum atomic E-state index is 12.3. The van der Waals surface area contributed by atoms with Crippen LogP contribution in [0.15, 0.2) is 48.0 Å². The van der Waals surface area contributed by atoms with Crippen LogP contribution in [0.5, 0.6) is 11.5 Å². The second kappa shape index (κ2) is 8.41. The lowest BCUT2D eigenvalue weighted by atomic mass is 10.1. The predicted octanol–water partition coefficient (Wildman–Crippen LogP) is 4.40. The summed E-state index contributed by atoms with van der Waals surface area (Å²) in [6.45, 7) is 0. The van der Waals surface area contributed by atoms with Crippen LogP contribution in [-0.4, -0.2) is 33.4 Å². The third kappa shape index (κ3) is 5.70. The lowest BCUT2D eigenvalue weighted by Gasteiger charge is -2.07. The molecule has 0 unspecified atom stereocenters. The zero-order valence-electron chi connectivity index (χ0n) is 14.9. The van der Waals surface area contributed by atoms with Gasteiger partial charge in [0.15, 0.2) is 5.13 Å². The highest BCUT2D eigenvalue weighted by atomic mass is 32.1. The van der Waals surface area contributed by atoms with Crippen molar-refractivity contribution in [2.75, 3.05) is 5.32 Å². The van der Waals surface area contributed by atoms with Crippen LogP contribution in [0.25, 0.3) is 16.3 Å². The van der Waals surface area contributed by atoms with Crippen molar-refractivity contribution in [1.29, 1.82) is 0 Å². The SMILES string of the molecule is O=C(C/C(=C\c1ccc(O)cc1)C(=O)O)Nc1nc2ccc(OC(F)(F)F)cc2s1. The molecule has 7 nitrogen and oxygen atoms in total. The number of phenolic OH excluding ortho intramolecular Hbond substituents is 1. The number of aromatic nitrogens is 1. The summed E-state index contributed by atoms with van der Waals surface area (Å²) in [4.78, 5) is 27.8. The number of aromatic hydroxyl groups is 1. The number of benzene rings is 2. The Labute approximate surface area is 171 Å². The van der Waals surface area contributed by atoms with E-state index in [9.17, 15) is 33.0 Å². The van der Waals surface area contributed by atoms with Gasteiger partial charge >= 0.3 is 12.3 Å². The summed E-state index contributed by atoms with van der Waals surface area (Å²) in [7, 11) is 0. The van der Waals surface area contributed by atoms with Gasteiger partial charge in [0.2, 0.25) is 5.91 Å². The number of aliphatic carboxylic acids is 1. The van der Waals surface area contributed by atoms with E-state index in [4.69, 9.17) is 0 Å². The molecule has 0 aliphatic heterocycles. The number of halogens is 3. The molecule has 1 amide bonds. The quantitative estimate of drug-likeness (QED) is 0.493. The molecule has 3 aromatic rings. The molecule has 1 heterocycles. The van der Waals surface area contributed by atoms with Crippen molar-refractivity contribution < 1.29 is 37.7 Å². The van der Waals surface area contributed by atoms with E-state index in [1.807, 2.05) is 0 Å². The molecule has 0 saturated heterocycles. The number of phenols is 1. The number of nitrogens with one attached hydrogen (secondary N) is 1.